The molecule has 0 saturated heterocycles. The molecular weight excluding hydrogens is 469 g/mol. The molecule has 2 aromatic rings. The number of nitrogens with two attached hydrogens (primary N) is 1. The van der Waals surface area contributed by atoms with Crippen LogP contribution in [0.25, 0.3) is 0 Å². The summed E-state index contributed by atoms with van der Waals surface area (Å²) in [7, 11) is -3.98. The molecule has 0 heterocycles. The third-order valence-corrected chi connectivity index (χ3v) is 9.76. The molecule has 2 fully saturated rings. The molecule has 3 aliphatic carbocycles. The maximum Gasteiger partial charge on any atom is 0.338 e. The molecule has 6 nitrogen and oxygen atoms in total. The molecule has 8 heteroatoms. The van der Waals surface area contributed by atoms with E-state index in [1.807, 2.05) is 25.1 Å². The van der Waals surface area contributed by atoms with Gasteiger partial charge in [-0.25, -0.2) is 22.7 Å². The zero-order valence-electron chi connectivity index (χ0n) is 19.6. The number of aromatic hydroxyl groups is 1. The predicted molar refractivity (Wildman–Crippen MR) is 129 cm³/mol. The van der Waals surface area contributed by atoms with Crippen LogP contribution in [0.4, 0.5) is 4.39 Å². The fraction of sp³-hybridized carbons (Fsp3) is 0.444. The standard InChI is InChI=1S/C27H30FNO5S/c1-3-27-12-11-26(2)22(21(27)9-7-16-13-18(30)8-10-20(16)27)15-23(24(26)28)34-25(31)17-5-4-6-19(14-17)35(29,32)33/h3-6,8,10,13-14,21-24,30H,1,7,9,11-12,15H2,2H3,(H2,29,32,33)/t21?,22?,23-,24+,26+,27-/m1/s1. The van der Waals surface area contributed by atoms with Crippen LogP contribution in [-0.2, 0) is 26.6 Å². The van der Waals surface area contributed by atoms with Crippen molar-refractivity contribution in [1.82, 2.24) is 0 Å². The number of sulfonamides is 1. The average Bonchev–Trinajstić information content (AvgIpc) is 3.08. The van der Waals surface area contributed by atoms with Crippen LogP contribution in [-0.4, -0.2) is 31.8 Å². The average molecular weight is 500 g/mol. The van der Waals surface area contributed by atoms with Gasteiger partial charge in [-0.1, -0.05) is 25.1 Å². The third kappa shape index (κ3) is 3.69. The number of primary sulfonamides is 1. The molecule has 0 radical (unpaired) electrons. The van der Waals surface area contributed by atoms with Gasteiger partial charge in [0.05, 0.1) is 10.5 Å². The number of aryl methyl sites for hydroxylation is 1. The largest absolute Gasteiger partial charge is 0.508 e. The number of rotatable bonds is 4. The molecule has 5 rings (SSSR count). The highest BCUT2D eigenvalue weighted by Crippen LogP contribution is 2.64. The van der Waals surface area contributed by atoms with Gasteiger partial charge in [-0.15, -0.1) is 6.58 Å². The van der Waals surface area contributed by atoms with E-state index in [9.17, 15) is 18.3 Å². The van der Waals surface area contributed by atoms with Gasteiger partial charge in [-0.2, -0.15) is 0 Å². The van der Waals surface area contributed by atoms with E-state index < -0.39 is 33.7 Å². The lowest BCUT2D eigenvalue weighted by Crippen LogP contribution is -2.51. The summed E-state index contributed by atoms with van der Waals surface area (Å²) in [6, 6.07) is 10.8. The molecule has 6 atom stereocenters. The summed E-state index contributed by atoms with van der Waals surface area (Å²) in [6.45, 7) is 6.13. The number of esters is 1. The van der Waals surface area contributed by atoms with Crippen molar-refractivity contribution in [3.05, 3.63) is 71.8 Å². The van der Waals surface area contributed by atoms with E-state index in [0.717, 1.165) is 36.5 Å². The molecule has 0 amide bonds. The van der Waals surface area contributed by atoms with Gasteiger partial charge in [0.25, 0.3) is 0 Å². The molecule has 2 aromatic carbocycles. The molecule has 0 spiro atoms. The fourth-order valence-electron chi connectivity index (χ4n) is 7.06. The second-order valence-electron chi connectivity index (χ2n) is 10.5. The minimum Gasteiger partial charge on any atom is -0.508 e. The van der Waals surface area contributed by atoms with Crippen LogP contribution in [0.3, 0.4) is 0 Å². The number of phenols is 1. The Kier molecular flexibility index (Phi) is 5.60. The molecule has 0 aromatic heterocycles. The van der Waals surface area contributed by atoms with Crippen LogP contribution in [0.5, 0.6) is 5.75 Å². The lowest BCUT2D eigenvalue weighted by molar-refractivity contribution is -0.0272. The number of benzene rings is 2. The Morgan fingerprint density at radius 3 is 2.71 bits per heavy atom. The maximum atomic E-state index is 15.9. The van der Waals surface area contributed by atoms with Gasteiger partial charge in [-0.05, 0) is 85.4 Å². The smallest absolute Gasteiger partial charge is 0.338 e. The number of alkyl halides is 1. The van der Waals surface area contributed by atoms with Crippen molar-refractivity contribution in [1.29, 1.82) is 0 Å². The summed E-state index contributed by atoms with van der Waals surface area (Å²) in [6.07, 6.45) is 3.13. The summed E-state index contributed by atoms with van der Waals surface area (Å²) in [5.41, 5.74) is 1.33. The highest BCUT2D eigenvalue weighted by molar-refractivity contribution is 7.89. The van der Waals surface area contributed by atoms with E-state index in [4.69, 9.17) is 9.88 Å². The molecule has 0 bridgehead atoms. The number of phenolic OH excluding ortho intramolecular Hbond substituents is 1. The van der Waals surface area contributed by atoms with E-state index in [2.05, 4.69) is 6.58 Å². The molecule has 2 saturated carbocycles. The Morgan fingerprint density at radius 1 is 1.23 bits per heavy atom. The van der Waals surface area contributed by atoms with Gasteiger partial charge in [0.1, 0.15) is 18.0 Å². The van der Waals surface area contributed by atoms with Gasteiger partial charge >= 0.3 is 5.97 Å². The zero-order valence-corrected chi connectivity index (χ0v) is 20.4. The summed E-state index contributed by atoms with van der Waals surface area (Å²) in [5, 5.41) is 15.2. The quantitative estimate of drug-likeness (QED) is 0.479. The van der Waals surface area contributed by atoms with Gasteiger partial charge in [-0.3, -0.25) is 0 Å². The summed E-state index contributed by atoms with van der Waals surface area (Å²) in [4.78, 5) is 12.7. The van der Waals surface area contributed by atoms with Crippen molar-refractivity contribution >= 4 is 16.0 Å². The molecule has 3 aliphatic rings. The third-order valence-electron chi connectivity index (χ3n) is 8.85. The van der Waals surface area contributed by atoms with Crippen LogP contribution in [0, 0.1) is 17.3 Å². The molecule has 2 unspecified atom stereocenters. The van der Waals surface area contributed by atoms with Crippen molar-refractivity contribution in [3.63, 3.8) is 0 Å². The number of hydrogen-bond donors (Lipinski definition) is 2. The molecule has 186 valence electrons. The maximum absolute atomic E-state index is 15.9. The highest BCUT2D eigenvalue weighted by atomic mass is 32.2. The van der Waals surface area contributed by atoms with Crippen LogP contribution in [0.1, 0.15) is 54.1 Å². The van der Waals surface area contributed by atoms with Crippen molar-refractivity contribution in [3.8, 4) is 5.75 Å². The van der Waals surface area contributed by atoms with E-state index in [1.165, 1.54) is 18.2 Å². The van der Waals surface area contributed by atoms with Crippen molar-refractivity contribution in [2.24, 2.45) is 22.4 Å². The Bertz CT molecular complexity index is 1310. The Balaban J connectivity index is 1.43. The zero-order chi connectivity index (χ0) is 25.2. The van der Waals surface area contributed by atoms with E-state index in [0.29, 0.717) is 12.8 Å². The number of fused-ring (bicyclic) bond motifs is 5. The lowest BCUT2D eigenvalue weighted by atomic mass is 9.48. The first-order chi connectivity index (χ1) is 16.5. The minimum atomic E-state index is -3.98. The normalized spacial score (nSPS) is 33.8. The van der Waals surface area contributed by atoms with Crippen molar-refractivity contribution in [2.75, 3.05) is 0 Å². The molecule has 35 heavy (non-hydrogen) atoms. The summed E-state index contributed by atoms with van der Waals surface area (Å²) < 4.78 is 44.9. The Labute approximate surface area is 205 Å². The highest BCUT2D eigenvalue weighted by Gasteiger charge is 2.63. The first kappa shape index (κ1) is 24.0. The Hall–Kier alpha value is -2.71. The molecule has 0 aliphatic heterocycles. The summed E-state index contributed by atoms with van der Waals surface area (Å²) in [5.74, 6) is -0.390. The number of ether oxygens (including phenoxy) is 1. The second kappa shape index (κ2) is 8.17. The number of allylic oxidation sites excluding steroid dienone is 1. The number of carbonyl (C=O) groups is 1. The molecule has 3 N–H and O–H groups in total. The first-order valence-electron chi connectivity index (χ1n) is 11.9. The monoisotopic (exact) mass is 499 g/mol. The van der Waals surface area contributed by atoms with Crippen LogP contribution in [0.2, 0.25) is 0 Å². The minimum absolute atomic E-state index is 0.0141. The number of hydrogen-bond acceptors (Lipinski definition) is 5. The summed E-state index contributed by atoms with van der Waals surface area (Å²) >= 11 is 0. The topological polar surface area (TPSA) is 107 Å². The van der Waals surface area contributed by atoms with Crippen LogP contribution in [0.15, 0.2) is 60.0 Å². The van der Waals surface area contributed by atoms with Crippen LogP contribution < -0.4 is 5.14 Å². The van der Waals surface area contributed by atoms with Gasteiger partial charge in [0.2, 0.25) is 10.0 Å². The van der Waals surface area contributed by atoms with Crippen molar-refractivity contribution < 1.29 is 27.4 Å². The first-order valence-corrected chi connectivity index (χ1v) is 13.5. The van der Waals surface area contributed by atoms with Crippen LogP contribution >= 0.6 is 0 Å². The number of carbonyl (C=O) groups excluding carboxylic acids is 1. The van der Waals surface area contributed by atoms with E-state index >= 15 is 4.39 Å². The van der Waals surface area contributed by atoms with Gasteiger partial charge < -0.3 is 9.84 Å². The lowest BCUT2D eigenvalue weighted by Gasteiger charge is -2.55. The predicted octanol–water partition coefficient (Wildman–Crippen LogP) is 4.41. The second-order valence-corrected chi connectivity index (χ2v) is 12.1. The van der Waals surface area contributed by atoms with Crippen molar-refractivity contribution in [2.45, 2.75) is 61.6 Å². The van der Waals surface area contributed by atoms with Gasteiger partial charge in [0.15, 0.2) is 0 Å². The number of halogens is 1. The molecular formula is C27H30FNO5S. The van der Waals surface area contributed by atoms with E-state index in [-0.39, 0.29) is 33.5 Å². The Morgan fingerprint density at radius 2 is 2.00 bits per heavy atom. The fourth-order valence-corrected chi connectivity index (χ4v) is 7.62. The van der Waals surface area contributed by atoms with Gasteiger partial charge in [0, 0.05) is 10.8 Å². The van der Waals surface area contributed by atoms with E-state index in [1.54, 1.807) is 6.07 Å². The SMILES string of the molecule is C=C[C@]12CC[C@@]3(C)C(C[C@@H](OC(=O)c4cccc(S(N)(=O)=O)c4)[C@@H]3F)C1CCc1cc(O)ccc12.